The second kappa shape index (κ2) is 4.24. The van der Waals surface area contributed by atoms with Gasteiger partial charge in [-0.05, 0) is 0 Å². The molecule has 0 aromatic carbocycles. The Kier molecular flexibility index (Phi) is 3.02. The van der Waals surface area contributed by atoms with Crippen LogP contribution in [0.2, 0.25) is 0 Å². The number of nitrogens with one attached hydrogen (secondary N) is 2. The van der Waals surface area contributed by atoms with Crippen LogP contribution in [0.5, 0.6) is 0 Å². The van der Waals surface area contributed by atoms with Crippen LogP contribution in [0.1, 0.15) is 16.8 Å². The highest BCUT2D eigenvalue weighted by Crippen LogP contribution is 1.92. The van der Waals surface area contributed by atoms with Gasteiger partial charge in [0.2, 0.25) is 5.91 Å². The summed E-state index contributed by atoms with van der Waals surface area (Å²) in [6, 6.07) is 0. The molecule has 1 rings (SSSR count). The van der Waals surface area contributed by atoms with Crippen molar-refractivity contribution in [1.82, 2.24) is 15.5 Å². The van der Waals surface area contributed by atoms with Gasteiger partial charge in [-0.1, -0.05) is 0 Å². The third kappa shape index (κ3) is 2.94. The van der Waals surface area contributed by atoms with Gasteiger partial charge in [0.05, 0.1) is 11.8 Å². The molecule has 0 bridgehead atoms. The molecular formula is C7H10N4O2. The molecule has 0 aliphatic heterocycles. The van der Waals surface area contributed by atoms with Crippen LogP contribution in [-0.4, -0.2) is 28.6 Å². The third-order valence-electron chi connectivity index (χ3n) is 1.42. The van der Waals surface area contributed by atoms with Crippen molar-refractivity contribution < 1.29 is 9.59 Å². The monoisotopic (exact) mass is 182 g/mol. The molecule has 0 fully saturated rings. The predicted octanol–water partition coefficient (Wildman–Crippen LogP) is -0.985. The number of rotatable bonds is 4. The first-order chi connectivity index (χ1) is 6.20. The minimum Gasteiger partial charge on any atom is -0.370 e. The average Bonchev–Trinajstić information content (AvgIpc) is 2.55. The van der Waals surface area contributed by atoms with E-state index >= 15 is 0 Å². The summed E-state index contributed by atoms with van der Waals surface area (Å²) in [5.41, 5.74) is 5.32. The van der Waals surface area contributed by atoms with Crippen molar-refractivity contribution in [2.24, 2.45) is 5.73 Å². The largest absolute Gasteiger partial charge is 0.370 e. The van der Waals surface area contributed by atoms with Crippen LogP contribution in [0, 0.1) is 0 Å². The summed E-state index contributed by atoms with van der Waals surface area (Å²) in [5, 5.41) is 8.63. The van der Waals surface area contributed by atoms with Gasteiger partial charge in [0.1, 0.15) is 0 Å². The lowest BCUT2D eigenvalue weighted by Crippen LogP contribution is -2.27. The summed E-state index contributed by atoms with van der Waals surface area (Å²) in [5.74, 6) is -0.706. The van der Waals surface area contributed by atoms with Crippen molar-refractivity contribution in [3.8, 4) is 0 Å². The zero-order chi connectivity index (χ0) is 9.68. The van der Waals surface area contributed by atoms with E-state index in [1.165, 1.54) is 12.4 Å². The fourth-order valence-electron chi connectivity index (χ4n) is 0.776. The molecule has 1 aromatic rings. The first-order valence-electron chi connectivity index (χ1n) is 3.75. The molecule has 0 atom stereocenters. The number of aromatic amines is 1. The Bertz CT molecular complexity index is 293. The zero-order valence-corrected chi connectivity index (χ0v) is 6.91. The van der Waals surface area contributed by atoms with Crippen LogP contribution < -0.4 is 11.1 Å². The fourth-order valence-corrected chi connectivity index (χ4v) is 0.776. The Morgan fingerprint density at radius 2 is 2.38 bits per heavy atom. The summed E-state index contributed by atoms with van der Waals surface area (Å²) in [4.78, 5) is 21.5. The number of carbonyl (C=O) groups excluding carboxylic acids is 2. The maximum absolute atomic E-state index is 11.2. The van der Waals surface area contributed by atoms with E-state index in [1.807, 2.05) is 0 Å². The molecule has 0 saturated carbocycles. The molecular weight excluding hydrogens is 172 g/mol. The van der Waals surface area contributed by atoms with Crippen LogP contribution in [0.15, 0.2) is 12.4 Å². The zero-order valence-electron chi connectivity index (χ0n) is 6.91. The molecule has 1 heterocycles. The van der Waals surface area contributed by atoms with Gasteiger partial charge >= 0.3 is 0 Å². The molecule has 6 heteroatoms. The van der Waals surface area contributed by atoms with E-state index in [-0.39, 0.29) is 18.9 Å². The van der Waals surface area contributed by atoms with E-state index in [0.717, 1.165) is 0 Å². The van der Waals surface area contributed by atoms with Crippen LogP contribution in [0.3, 0.4) is 0 Å². The van der Waals surface area contributed by atoms with Gasteiger partial charge in [-0.2, -0.15) is 5.10 Å². The van der Waals surface area contributed by atoms with Crippen LogP contribution in [-0.2, 0) is 4.79 Å². The topological polar surface area (TPSA) is 101 Å². The Morgan fingerprint density at radius 1 is 1.62 bits per heavy atom. The fraction of sp³-hybridized carbons (Fsp3) is 0.286. The summed E-state index contributed by atoms with van der Waals surface area (Å²) >= 11 is 0. The van der Waals surface area contributed by atoms with Crippen molar-refractivity contribution in [2.75, 3.05) is 6.54 Å². The number of hydrogen-bond acceptors (Lipinski definition) is 3. The minimum atomic E-state index is -0.438. The smallest absolute Gasteiger partial charge is 0.254 e. The highest BCUT2D eigenvalue weighted by atomic mass is 16.2. The molecule has 70 valence electrons. The highest BCUT2D eigenvalue weighted by molar-refractivity contribution is 5.93. The highest BCUT2D eigenvalue weighted by Gasteiger charge is 2.05. The number of H-pyrrole nitrogens is 1. The van der Waals surface area contributed by atoms with E-state index in [9.17, 15) is 9.59 Å². The van der Waals surface area contributed by atoms with E-state index in [0.29, 0.717) is 5.56 Å². The lowest BCUT2D eigenvalue weighted by molar-refractivity contribution is -0.117. The Balaban J connectivity index is 2.31. The second-order valence-electron chi connectivity index (χ2n) is 2.46. The van der Waals surface area contributed by atoms with Crippen molar-refractivity contribution in [3.05, 3.63) is 18.0 Å². The first kappa shape index (κ1) is 9.24. The van der Waals surface area contributed by atoms with Crippen LogP contribution in [0.25, 0.3) is 0 Å². The summed E-state index contributed by atoms with van der Waals surface area (Å²) in [6.07, 6.45) is 3.02. The van der Waals surface area contributed by atoms with Crippen LogP contribution >= 0.6 is 0 Å². The van der Waals surface area contributed by atoms with Crippen LogP contribution in [0.4, 0.5) is 0 Å². The Hall–Kier alpha value is -1.85. The number of nitrogens with two attached hydrogens (primary N) is 1. The van der Waals surface area contributed by atoms with Gasteiger partial charge in [0.25, 0.3) is 5.91 Å². The molecule has 0 aliphatic rings. The normalized spacial score (nSPS) is 9.54. The summed E-state index contributed by atoms with van der Waals surface area (Å²) < 4.78 is 0. The second-order valence-corrected chi connectivity index (χ2v) is 2.46. The molecule has 2 amide bonds. The number of primary amides is 1. The third-order valence-corrected chi connectivity index (χ3v) is 1.42. The first-order valence-corrected chi connectivity index (χ1v) is 3.75. The molecule has 0 radical (unpaired) electrons. The van der Waals surface area contributed by atoms with E-state index < -0.39 is 5.91 Å². The molecule has 6 nitrogen and oxygen atoms in total. The van der Waals surface area contributed by atoms with E-state index in [2.05, 4.69) is 15.5 Å². The number of aromatic nitrogens is 2. The maximum atomic E-state index is 11.2. The number of amides is 2. The van der Waals surface area contributed by atoms with E-state index in [4.69, 9.17) is 5.73 Å². The molecule has 13 heavy (non-hydrogen) atoms. The lowest BCUT2D eigenvalue weighted by atomic mass is 10.3. The molecule has 0 saturated heterocycles. The Labute approximate surface area is 74.5 Å². The van der Waals surface area contributed by atoms with Gasteiger partial charge in [-0.25, -0.2) is 0 Å². The van der Waals surface area contributed by atoms with Gasteiger partial charge < -0.3 is 11.1 Å². The molecule has 4 N–H and O–H groups in total. The lowest BCUT2D eigenvalue weighted by Gasteiger charge is -1.99. The number of carbonyl (C=O) groups is 2. The predicted molar refractivity (Wildman–Crippen MR) is 44.7 cm³/mol. The van der Waals surface area contributed by atoms with Gasteiger partial charge in [-0.15, -0.1) is 0 Å². The van der Waals surface area contributed by atoms with Gasteiger partial charge in [0, 0.05) is 19.2 Å². The molecule has 0 aliphatic carbocycles. The summed E-state index contributed by atoms with van der Waals surface area (Å²) in [6.45, 7) is 0.249. The minimum absolute atomic E-state index is 0.142. The van der Waals surface area contributed by atoms with Crippen molar-refractivity contribution >= 4 is 11.8 Å². The average molecular weight is 182 g/mol. The molecule has 0 unspecified atom stereocenters. The molecule has 0 spiro atoms. The van der Waals surface area contributed by atoms with Gasteiger partial charge in [-0.3, -0.25) is 14.7 Å². The maximum Gasteiger partial charge on any atom is 0.254 e. The van der Waals surface area contributed by atoms with Crippen molar-refractivity contribution in [2.45, 2.75) is 6.42 Å². The quantitative estimate of drug-likeness (QED) is 0.557. The number of hydrogen-bond donors (Lipinski definition) is 3. The van der Waals surface area contributed by atoms with E-state index in [1.54, 1.807) is 0 Å². The van der Waals surface area contributed by atoms with Crippen molar-refractivity contribution in [3.63, 3.8) is 0 Å². The Morgan fingerprint density at radius 3 is 2.92 bits per heavy atom. The standard InChI is InChI=1S/C7H10N4O2/c8-6(12)1-2-9-7(13)5-3-10-11-4-5/h3-4H,1-2H2,(H2,8,12)(H,9,13)(H,10,11). The SMILES string of the molecule is NC(=O)CCNC(=O)c1cn[nH]c1. The molecule has 1 aromatic heterocycles. The van der Waals surface area contributed by atoms with Gasteiger partial charge in [0.15, 0.2) is 0 Å². The summed E-state index contributed by atoms with van der Waals surface area (Å²) in [7, 11) is 0. The number of nitrogens with zero attached hydrogens (tertiary/aromatic N) is 1. The van der Waals surface area contributed by atoms with Crippen molar-refractivity contribution in [1.29, 1.82) is 0 Å².